The largest absolute Gasteiger partial charge is 0.382 e. The minimum absolute atomic E-state index is 0.161. The number of nitrogens with one attached hydrogen (secondary N) is 1. The molecule has 0 radical (unpaired) electrons. The molecule has 1 aliphatic rings. The van der Waals surface area contributed by atoms with Crippen molar-refractivity contribution in [3.63, 3.8) is 0 Å². The van der Waals surface area contributed by atoms with E-state index in [1.54, 1.807) is 0 Å². The van der Waals surface area contributed by atoms with Crippen LogP contribution in [0.1, 0.15) is 57.3 Å². The maximum Gasteiger partial charge on any atom is 0.256 e. The third kappa shape index (κ3) is 3.14. The van der Waals surface area contributed by atoms with Gasteiger partial charge in [-0.25, -0.2) is 0 Å². The summed E-state index contributed by atoms with van der Waals surface area (Å²) in [5.74, 6) is 0.161. The van der Waals surface area contributed by atoms with Crippen LogP contribution in [-0.2, 0) is 0 Å². The molecular weight excluding hydrogens is 248 g/mol. The molecule has 2 atom stereocenters. The summed E-state index contributed by atoms with van der Waals surface area (Å²) in [6, 6.07) is 8.83. The summed E-state index contributed by atoms with van der Waals surface area (Å²) in [6.07, 6.45) is 3.43. The van der Waals surface area contributed by atoms with E-state index in [1.807, 2.05) is 24.3 Å². The van der Waals surface area contributed by atoms with Gasteiger partial charge in [-0.05, 0) is 59.1 Å². The fraction of sp³-hybridized carbons (Fsp3) is 0.588. The van der Waals surface area contributed by atoms with Crippen LogP contribution in [0.25, 0.3) is 0 Å². The highest BCUT2D eigenvalue weighted by atomic mass is 16.2. The Morgan fingerprint density at radius 1 is 1.20 bits per heavy atom. The number of para-hydroxylation sites is 1. The second-order valence-corrected chi connectivity index (χ2v) is 6.19. The van der Waals surface area contributed by atoms with Crippen LogP contribution in [0.5, 0.6) is 0 Å². The molecule has 1 N–H and O–H groups in total. The van der Waals surface area contributed by atoms with E-state index in [9.17, 15) is 4.79 Å². The lowest BCUT2D eigenvalue weighted by molar-refractivity contribution is 0.0512. The molecule has 0 saturated carbocycles. The Balaban J connectivity index is 2.28. The van der Waals surface area contributed by atoms with Gasteiger partial charge in [-0.2, -0.15) is 0 Å². The smallest absolute Gasteiger partial charge is 0.256 e. The van der Waals surface area contributed by atoms with Crippen LogP contribution in [-0.4, -0.2) is 28.9 Å². The average molecular weight is 274 g/mol. The van der Waals surface area contributed by atoms with E-state index in [0.717, 1.165) is 24.1 Å². The first-order valence-corrected chi connectivity index (χ1v) is 7.69. The molecule has 3 heteroatoms. The number of anilines is 1. The Hall–Kier alpha value is -1.51. The van der Waals surface area contributed by atoms with Crippen molar-refractivity contribution in [1.29, 1.82) is 0 Å². The lowest BCUT2D eigenvalue weighted by Crippen LogP contribution is -2.47. The highest BCUT2D eigenvalue weighted by Crippen LogP contribution is 2.27. The molecule has 110 valence electrons. The zero-order valence-electron chi connectivity index (χ0n) is 13.0. The molecule has 1 aromatic rings. The van der Waals surface area contributed by atoms with Gasteiger partial charge >= 0.3 is 0 Å². The molecule has 1 fully saturated rings. The highest BCUT2D eigenvalue weighted by Gasteiger charge is 2.30. The maximum atomic E-state index is 12.9. The lowest BCUT2D eigenvalue weighted by Gasteiger charge is -2.39. The van der Waals surface area contributed by atoms with E-state index in [0.29, 0.717) is 18.1 Å². The summed E-state index contributed by atoms with van der Waals surface area (Å²) in [5.41, 5.74) is 1.74. The average Bonchev–Trinajstić information content (AvgIpc) is 2.38. The Kier molecular flexibility index (Phi) is 4.69. The van der Waals surface area contributed by atoms with Gasteiger partial charge in [0.15, 0.2) is 0 Å². The molecule has 1 amide bonds. The van der Waals surface area contributed by atoms with Gasteiger partial charge < -0.3 is 10.2 Å². The van der Waals surface area contributed by atoms with E-state index in [-0.39, 0.29) is 5.91 Å². The number of hydrogen-bond donors (Lipinski definition) is 1. The van der Waals surface area contributed by atoms with E-state index >= 15 is 0 Å². The van der Waals surface area contributed by atoms with Crippen LogP contribution in [0.4, 0.5) is 5.69 Å². The van der Waals surface area contributed by atoms with Gasteiger partial charge in [-0.3, -0.25) is 4.79 Å². The number of rotatable bonds is 3. The van der Waals surface area contributed by atoms with Crippen molar-refractivity contribution in [1.82, 2.24) is 4.90 Å². The van der Waals surface area contributed by atoms with Crippen LogP contribution >= 0.6 is 0 Å². The minimum Gasteiger partial charge on any atom is -0.382 e. The van der Waals surface area contributed by atoms with Crippen molar-refractivity contribution in [2.24, 2.45) is 0 Å². The molecule has 0 aliphatic carbocycles. The van der Waals surface area contributed by atoms with Crippen LogP contribution < -0.4 is 5.32 Å². The van der Waals surface area contributed by atoms with Gasteiger partial charge in [0.2, 0.25) is 0 Å². The quantitative estimate of drug-likeness (QED) is 0.906. The third-order valence-electron chi connectivity index (χ3n) is 4.03. The number of carbonyl (C=O) groups excluding carboxylic acids is 1. The fourth-order valence-corrected chi connectivity index (χ4v) is 3.07. The third-order valence-corrected chi connectivity index (χ3v) is 4.03. The van der Waals surface area contributed by atoms with Crippen LogP contribution in [0.3, 0.4) is 0 Å². The molecule has 2 unspecified atom stereocenters. The van der Waals surface area contributed by atoms with E-state index in [4.69, 9.17) is 0 Å². The van der Waals surface area contributed by atoms with Gasteiger partial charge in [0.25, 0.3) is 5.91 Å². The fourth-order valence-electron chi connectivity index (χ4n) is 3.07. The lowest BCUT2D eigenvalue weighted by atomic mass is 9.96. The minimum atomic E-state index is 0.161. The molecule has 20 heavy (non-hydrogen) atoms. The molecule has 1 aliphatic heterocycles. The van der Waals surface area contributed by atoms with Gasteiger partial charge in [0.1, 0.15) is 0 Å². The first-order valence-electron chi connectivity index (χ1n) is 7.69. The molecule has 1 aromatic carbocycles. The summed E-state index contributed by atoms with van der Waals surface area (Å²) >= 11 is 0. The number of benzene rings is 1. The number of amides is 1. The predicted molar refractivity (Wildman–Crippen MR) is 84.1 cm³/mol. The molecule has 3 nitrogen and oxygen atoms in total. The van der Waals surface area contributed by atoms with Crippen molar-refractivity contribution in [2.75, 3.05) is 5.32 Å². The van der Waals surface area contributed by atoms with Crippen molar-refractivity contribution in [3.05, 3.63) is 29.8 Å². The molecule has 0 spiro atoms. The summed E-state index contributed by atoms with van der Waals surface area (Å²) in [7, 11) is 0. The molecule has 1 heterocycles. The normalized spacial score (nSPS) is 22.9. The van der Waals surface area contributed by atoms with Gasteiger partial charge in [-0.15, -0.1) is 0 Å². The Morgan fingerprint density at radius 2 is 1.80 bits per heavy atom. The summed E-state index contributed by atoms with van der Waals surface area (Å²) in [5, 5.41) is 3.38. The maximum absolute atomic E-state index is 12.9. The number of carbonyl (C=O) groups is 1. The number of hydrogen-bond acceptors (Lipinski definition) is 2. The second-order valence-electron chi connectivity index (χ2n) is 6.19. The van der Waals surface area contributed by atoms with E-state index < -0.39 is 0 Å². The molecular formula is C17H26N2O. The molecule has 1 saturated heterocycles. The SMILES string of the molecule is CC(C)Nc1ccccc1C(=O)N1C(C)CCCC1C. The Labute approximate surface area is 122 Å². The zero-order chi connectivity index (χ0) is 14.7. The number of piperidine rings is 1. The van der Waals surface area contributed by atoms with E-state index in [2.05, 4.69) is 37.9 Å². The standard InChI is InChI=1S/C17H26N2O/c1-12(2)18-16-11-6-5-10-15(16)17(20)19-13(3)8-7-9-14(19)4/h5-6,10-14,18H,7-9H2,1-4H3. The zero-order valence-corrected chi connectivity index (χ0v) is 13.0. The van der Waals surface area contributed by atoms with Crippen molar-refractivity contribution in [2.45, 2.75) is 65.1 Å². The van der Waals surface area contributed by atoms with Crippen LogP contribution in [0.2, 0.25) is 0 Å². The van der Waals surface area contributed by atoms with Crippen molar-refractivity contribution >= 4 is 11.6 Å². The number of nitrogens with zero attached hydrogens (tertiary/aromatic N) is 1. The topological polar surface area (TPSA) is 32.3 Å². The molecule has 0 bridgehead atoms. The summed E-state index contributed by atoms with van der Waals surface area (Å²) in [4.78, 5) is 15.0. The first-order chi connectivity index (χ1) is 9.50. The predicted octanol–water partition coefficient (Wildman–Crippen LogP) is 3.91. The first kappa shape index (κ1) is 14.9. The molecule has 2 rings (SSSR count). The number of likely N-dealkylation sites (tertiary alicyclic amines) is 1. The molecule has 0 aromatic heterocycles. The van der Waals surface area contributed by atoms with Crippen LogP contribution in [0.15, 0.2) is 24.3 Å². The van der Waals surface area contributed by atoms with Crippen LogP contribution in [0, 0.1) is 0 Å². The summed E-state index contributed by atoms with van der Waals surface area (Å²) in [6.45, 7) is 8.50. The van der Waals surface area contributed by atoms with E-state index in [1.165, 1.54) is 6.42 Å². The van der Waals surface area contributed by atoms with Gasteiger partial charge in [-0.1, -0.05) is 12.1 Å². The highest BCUT2D eigenvalue weighted by molar-refractivity contribution is 6.00. The van der Waals surface area contributed by atoms with Gasteiger partial charge in [0, 0.05) is 23.8 Å². The van der Waals surface area contributed by atoms with Crippen molar-refractivity contribution < 1.29 is 4.79 Å². The van der Waals surface area contributed by atoms with Crippen molar-refractivity contribution in [3.8, 4) is 0 Å². The second kappa shape index (κ2) is 6.29. The monoisotopic (exact) mass is 274 g/mol. The summed E-state index contributed by atoms with van der Waals surface area (Å²) < 4.78 is 0. The Morgan fingerprint density at radius 3 is 2.40 bits per heavy atom. The van der Waals surface area contributed by atoms with Gasteiger partial charge in [0.05, 0.1) is 5.56 Å². The Bertz CT molecular complexity index is 460.